The second-order valence-electron chi connectivity index (χ2n) is 4.50. The van der Waals surface area contributed by atoms with Crippen LogP contribution in [0, 0.1) is 6.92 Å². The van der Waals surface area contributed by atoms with Crippen molar-refractivity contribution in [3.05, 3.63) is 71.8 Å². The summed E-state index contributed by atoms with van der Waals surface area (Å²) in [6.45, 7) is 1.88. The minimum absolute atomic E-state index is 0.468. The first-order chi connectivity index (χ1) is 10.1. The molecule has 0 radical (unpaired) electrons. The zero-order valence-electron chi connectivity index (χ0n) is 11.7. The second kappa shape index (κ2) is 7.05. The maximum absolute atomic E-state index is 11.7. The molecule has 4 heteroatoms. The van der Waals surface area contributed by atoms with E-state index in [0.29, 0.717) is 5.69 Å². The molecule has 4 nitrogen and oxygen atoms in total. The molecule has 2 aromatic carbocycles. The fraction of sp³-hybridized carbons (Fsp3) is 0.0588. The van der Waals surface area contributed by atoms with Gasteiger partial charge in [-0.15, -0.1) is 0 Å². The van der Waals surface area contributed by atoms with Crippen molar-refractivity contribution >= 4 is 23.7 Å². The van der Waals surface area contributed by atoms with E-state index in [1.165, 1.54) is 6.08 Å². The minimum Gasteiger partial charge on any atom is -0.307 e. The molecule has 0 bridgehead atoms. The van der Waals surface area contributed by atoms with Gasteiger partial charge in [0.15, 0.2) is 0 Å². The summed E-state index contributed by atoms with van der Waals surface area (Å²) < 4.78 is 0. The zero-order valence-corrected chi connectivity index (χ0v) is 11.7. The lowest BCUT2D eigenvalue weighted by atomic mass is 10.2. The Kier molecular flexibility index (Phi) is 4.88. The van der Waals surface area contributed by atoms with E-state index in [4.69, 9.17) is 0 Å². The van der Waals surface area contributed by atoms with Crippen LogP contribution in [0.4, 0.5) is 10.5 Å². The number of carbonyl (C=O) groups excluding carboxylic acids is 2. The van der Waals surface area contributed by atoms with Gasteiger partial charge in [-0.05, 0) is 30.2 Å². The third-order valence-corrected chi connectivity index (χ3v) is 2.86. The summed E-state index contributed by atoms with van der Waals surface area (Å²) in [6, 6.07) is 16.2. The highest BCUT2D eigenvalue weighted by Crippen LogP contribution is 2.12. The third-order valence-electron chi connectivity index (χ3n) is 2.86. The van der Waals surface area contributed by atoms with E-state index in [0.717, 1.165) is 11.1 Å². The van der Waals surface area contributed by atoms with Gasteiger partial charge in [-0.2, -0.15) is 0 Å². The van der Waals surface area contributed by atoms with Crippen LogP contribution in [0.3, 0.4) is 0 Å². The Hall–Kier alpha value is -2.88. The Labute approximate surface area is 123 Å². The fourth-order valence-corrected chi connectivity index (χ4v) is 1.76. The predicted octanol–water partition coefficient (Wildman–Crippen LogP) is 3.36. The number of hydrogen-bond acceptors (Lipinski definition) is 2. The van der Waals surface area contributed by atoms with Gasteiger partial charge in [-0.1, -0.05) is 48.5 Å². The third kappa shape index (κ3) is 4.62. The molecule has 0 aromatic heterocycles. The molecule has 0 atom stereocenters. The van der Waals surface area contributed by atoms with Gasteiger partial charge in [-0.25, -0.2) is 4.79 Å². The lowest BCUT2D eigenvalue weighted by Gasteiger charge is -2.07. The molecule has 0 aliphatic carbocycles. The average molecular weight is 280 g/mol. The number of amides is 3. The Morgan fingerprint density at radius 3 is 2.33 bits per heavy atom. The number of urea groups is 1. The number of aryl methyl sites for hydroxylation is 1. The minimum atomic E-state index is -0.549. The largest absolute Gasteiger partial charge is 0.326 e. The van der Waals surface area contributed by atoms with E-state index in [1.54, 1.807) is 12.1 Å². The van der Waals surface area contributed by atoms with Crippen molar-refractivity contribution in [1.29, 1.82) is 0 Å². The van der Waals surface area contributed by atoms with E-state index in [-0.39, 0.29) is 0 Å². The predicted molar refractivity (Wildman–Crippen MR) is 83.8 cm³/mol. The Morgan fingerprint density at radius 2 is 1.62 bits per heavy atom. The second-order valence-corrected chi connectivity index (χ2v) is 4.50. The lowest BCUT2D eigenvalue weighted by molar-refractivity contribution is -0.115. The fourth-order valence-electron chi connectivity index (χ4n) is 1.76. The van der Waals surface area contributed by atoms with E-state index in [1.807, 2.05) is 55.5 Å². The van der Waals surface area contributed by atoms with Crippen LogP contribution in [-0.4, -0.2) is 11.9 Å². The van der Waals surface area contributed by atoms with Crippen molar-refractivity contribution in [1.82, 2.24) is 5.32 Å². The van der Waals surface area contributed by atoms with Crippen LogP contribution < -0.4 is 10.6 Å². The van der Waals surface area contributed by atoms with Gasteiger partial charge in [0.2, 0.25) is 0 Å². The van der Waals surface area contributed by atoms with E-state index >= 15 is 0 Å². The average Bonchev–Trinajstić information content (AvgIpc) is 2.48. The molecule has 0 fully saturated rings. The zero-order chi connectivity index (χ0) is 15.1. The van der Waals surface area contributed by atoms with E-state index in [2.05, 4.69) is 10.6 Å². The van der Waals surface area contributed by atoms with E-state index < -0.39 is 11.9 Å². The highest BCUT2D eigenvalue weighted by molar-refractivity contribution is 6.06. The number of anilines is 1. The van der Waals surface area contributed by atoms with Gasteiger partial charge < -0.3 is 5.32 Å². The summed E-state index contributed by atoms with van der Waals surface area (Å²) in [5.74, 6) is -0.468. The monoisotopic (exact) mass is 280 g/mol. The summed E-state index contributed by atoms with van der Waals surface area (Å²) >= 11 is 0. The number of carbonyl (C=O) groups is 2. The molecule has 0 aliphatic heterocycles. The van der Waals surface area contributed by atoms with Gasteiger partial charge in [-0.3, -0.25) is 10.1 Å². The van der Waals surface area contributed by atoms with Crippen LogP contribution in [0.1, 0.15) is 11.1 Å². The Balaban J connectivity index is 1.90. The molecule has 0 spiro atoms. The highest BCUT2D eigenvalue weighted by Gasteiger charge is 2.06. The van der Waals surface area contributed by atoms with Gasteiger partial charge in [0.05, 0.1) is 0 Å². The van der Waals surface area contributed by atoms with Crippen molar-refractivity contribution in [2.45, 2.75) is 6.92 Å². The number of hydrogen-bond donors (Lipinski definition) is 2. The molecule has 0 heterocycles. The van der Waals surface area contributed by atoms with Crippen molar-refractivity contribution in [3.8, 4) is 0 Å². The van der Waals surface area contributed by atoms with Crippen molar-refractivity contribution in [3.63, 3.8) is 0 Å². The normalized spacial score (nSPS) is 10.3. The van der Waals surface area contributed by atoms with Gasteiger partial charge in [0.1, 0.15) is 0 Å². The van der Waals surface area contributed by atoms with Gasteiger partial charge in [0.25, 0.3) is 5.91 Å². The van der Waals surface area contributed by atoms with Crippen LogP contribution >= 0.6 is 0 Å². The maximum Gasteiger partial charge on any atom is 0.326 e. The first-order valence-corrected chi connectivity index (χ1v) is 6.56. The van der Waals surface area contributed by atoms with E-state index in [9.17, 15) is 9.59 Å². The summed E-state index contributed by atoms with van der Waals surface area (Å²) in [4.78, 5) is 23.4. The van der Waals surface area contributed by atoms with Crippen molar-refractivity contribution in [2.24, 2.45) is 0 Å². The van der Waals surface area contributed by atoms with Crippen LogP contribution in [-0.2, 0) is 4.79 Å². The number of imide groups is 1. The summed E-state index contributed by atoms with van der Waals surface area (Å²) in [5, 5.41) is 4.88. The quantitative estimate of drug-likeness (QED) is 0.847. The summed E-state index contributed by atoms with van der Waals surface area (Å²) in [7, 11) is 0. The number of nitrogens with one attached hydrogen (secondary N) is 2. The molecule has 0 aliphatic rings. The molecule has 21 heavy (non-hydrogen) atoms. The van der Waals surface area contributed by atoms with Crippen LogP contribution in [0.2, 0.25) is 0 Å². The number of rotatable bonds is 3. The van der Waals surface area contributed by atoms with Gasteiger partial charge >= 0.3 is 6.03 Å². The molecular formula is C17H16N2O2. The SMILES string of the molecule is Cc1ccccc1NC(=O)NC(=O)/C=C/c1ccccc1. The summed E-state index contributed by atoms with van der Waals surface area (Å²) in [6.07, 6.45) is 2.98. The van der Waals surface area contributed by atoms with Crippen LogP contribution in [0.25, 0.3) is 6.08 Å². The molecule has 0 saturated heterocycles. The first kappa shape index (κ1) is 14.5. The Bertz CT molecular complexity index is 664. The highest BCUT2D eigenvalue weighted by atomic mass is 16.2. The Morgan fingerprint density at radius 1 is 0.952 bits per heavy atom. The molecule has 3 amide bonds. The van der Waals surface area contributed by atoms with Crippen molar-refractivity contribution in [2.75, 3.05) is 5.32 Å². The molecule has 0 unspecified atom stereocenters. The molecule has 0 saturated carbocycles. The van der Waals surface area contributed by atoms with Crippen LogP contribution in [0.5, 0.6) is 0 Å². The van der Waals surface area contributed by atoms with Gasteiger partial charge in [0, 0.05) is 11.8 Å². The first-order valence-electron chi connectivity index (χ1n) is 6.56. The number of para-hydroxylation sites is 1. The topological polar surface area (TPSA) is 58.2 Å². The standard InChI is InChI=1S/C17H16N2O2/c1-13-7-5-6-10-15(13)18-17(21)19-16(20)12-11-14-8-3-2-4-9-14/h2-12H,1H3,(H2,18,19,20,21)/b12-11+. The molecule has 2 N–H and O–H groups in total. The number of benzene rings is 2. The molecule has 106 valence electrons. The molecular weight excluding hydrogens is 264 g/mol. The summed E-state index contributed by atoms with van der Waals surface area (Å²) in [5.41, 5.74) is 2.50. The maximum atomic E-state index is 11.7. The van der Waals surface area contributed by atoms with Crippen molar-refractivity contribution < 1.29 is 9.59 Å². The van der Waals surface area contributed by atoms with Crippen LogP contribution in [0.15, 0.2) is 60.7 Å². The lowest BCUT2D eigenvalue weighted by Crippen LogP contribution is -2.33. The molecule has 2 aromatic rings. The molecule has 2 rings (SSSR count). The smallest absolute Gasteiger partial charge is 0.307 e.